The third-order valence-electron chi connectivity index (χ3n) is 4.69. The van der Waals surface area contributed by atoms with Crippen molar-refractivity contribution in [1.29, 1.82) is 0 Å². The fourth-order valence-corrected chi connectivity index (χ4v) is 3.18. The van der Waals surface area contributed by atoms with Crippen molar-refractivity contribution in [3.05, 3.63) is 95.5 Å². The number of hydrogen-bond donors (Lipinski definition) is 2. The molecule has 0 spiro atoms. The van der Waals surface area contributed by atoms with E-state index >= 15 is 0 Å². The minimum absolute atomic E-state index is 0.0838. The SMILES string of the molecule is Cc1ccc(-c2cc(-c3ccccc3)nc(NC(=O)CNc3ccc(Cl)cc3)n2)cc1. The van der Waals surface area contributed by atoms with Crippen molar-refractivity contribution in [2.75, 3.05) is 17.2 Å². The topological polar surface area (TPSA) is 66.9 Å². The second kappa shape index (κ2) is 9.41. The Bertz CT molecular complexity index is 1180. The lowest BCUT2D eigenvalue weighted by Crippen LogP contribution is -2.23. The van der Waals surface area contributed by atoms with Crippen LogP contribution < -0.4 is 10.6 Å². The Kier molecular flexibility index (Phi) is 6.24. The minimum Gasteiger partial charge on any atom is -0.376 e. The van der Waals surface area contributed by atoms with Gasteiger partial charge < -0.3 is 5.32 Å². The Morgan fingerprint density at radius 2 is 1.45 bits per heavy atom. The second-order valence-corrected chi connectivity index (χ2v) is 7.54. The average molecular weight is 429 g/mol. The van der Waals surface area contributed by atoms with Crippen LogP contribution in [0.15, 0.2) is 84.9 Å². The summed E-state index contributed by atoms with van der Waals surface area (Å²) in [4.78, 5) is 21.7. The largest absolute Gasteiger partial charge is 0.376 e. The highest BCUT2D eigenvalue weighted by Crippen LogP contribution is 2.25. The highest BCUT2D eigenvalue weighted by atomic mass is 35.5. The predicted molar refractivity (Wildman–Crippen MR) is 126 cm³/mol. The number of carbonyl (C=O) groups excluding carboxylic acids is 1. The Labute approximate surface area is 186 Å². The molecule has 1 amide bonds. The van der Waals surface area contributed by atoms with Crippen LogP contribution in [0.3, 0.4) is 0 Å². The smallest absolute Gasteiger partial charge is 0.246 e. The quantitative estimate of drug-likeness (QED) is 0.406. The maximum Gasteiger partial charge on any atom is 0.246 e. The third-order valence-corrected chi connectivity index (χ3v) is 4.94. The van der Waals surface area contributed by atoms with Crippen LogP contribution in [-0.2, 0) is 4.79 Å². The summed E-state index contributed by atoms with van der Waals surface area (Å²) in [5.41, 5.74) is 5.37. The van der Waals surface area contributed by atoms with E-state index in [-0.39, 0.29) is 18.4 Å². The van der Waals surface area contributed by atoms with Crippen molar-refractivity contribution >= 4 is 29.1 Å². The van der Waals surface area contributed by atoms with Crippen molar-refractivity contribution in [1.82, 2.24) is 9.97 Å². The molecule has 3 aromatic carbocycles. The molecular weight excluding hydrogens is 408 g/mol. The average Bonchev–Trinajstić information content (AvgIpc) is 2.79. The van der Waals surface area contributed by atoms with E-state index in [1.165, 1.54) is 5.56 Å². The third kappa shape index (κ3) is 5.47. The zero-order valence-electron chi connectivity index (χ0n) is 17.0. The van der Waals surface area contributed by atoms with E-state index in [2.05, 4.69) is 20.6 Å². The number of aryl methyl sites for hydroxylation is 1. The van der Waals surface area contributed by atoms with Crippen LogP contribution in [-0.4, -0.2) is 22.4 Å². The summed E-state index contributed by atoms with van der Waals surface area (Å²) in [6.45, 7) is 2.12. The molecule has 154 valence electrons. The molecule has 5 nitrogen and oxygen atoms in total. The van der Waals surface area contributed by atoms with E-state index in [0.717, 1.165) is 28.2 Å². The number of halogens is 1. The van der Waals surface area contributed by atoms with Crippen molar-refractivity contribution in [3.8, 4) is 22.5 Å². The molecule has 1 aromatic heterocycles. The van der Waals surface area contributed by atoms with Gasteiger partial charge in [-0.05, 0) is 37.3 Å². The van der Waals surface area contributed by atoms with Gasteiger partial charge in [0.15, 0.2) is 0 Å². The number of hydrogen-bond acceptors (Lipinski definition) is 4. The summed E-state index contributed by atoms with van der Waals surface area (Å²) in [7, 11) is 0. The van der Waals surface area contributed by atoms with Gasteiger partial charge in [-0.3, -0.25) is 10.1 Å². The van der Waals surface area contributed by atoms with Gasteiger partial charge >= 0.3 is 0 Å². The molecule has 0 aliphatic carbocycles. The van der Waals surface area contributed by atoms with Crippen molar-refractivity contribution in [2.45, 2.75) is 6.92 Å². The number of benzene rings is 3. The molecular formula is C25H21ClN4O. The zero-order valence-corrected chi connectivity index (χ0v) is 17.7. The summed E-state index contributed by atoms with van der Waals surface area (Å²) >= 11 is 5.90. The normalized spacial score (nSPS) is 10.5. The Hall–Kier alpha value is -3.70. The van der Waals surface area contributed by atoms with Crippen LogP contribution >= 0.6 is 11.6 Å². The fraction of sp³-hybridized carbons (Fsp3) is 0.0800. The maximum atomic E-state index is 12.5. The Morgan fingerprint density at radius 1 is 0.839 bits per heavy atom. The molecule has 4 rings (SSSR count). The maximum absolute atomic E-state index is 12.5. The zero-order chi connectivity index (χ0) is 21.6. The second-order valence-electron chi connectivity index (χ2n) is 7.10. The van der Waals surface area contributed by atoms with Crippen LogP contribution in [0.2, 0.25) is 5.02 Å². The summed E-state index contributed by atoms with van der Waals surface area (Å²) in [5.74, 6) is 0.0230. The molecule has 0 saturated heterocycles. The number of nitrogens with zero attached hydrogens (tertiary/aromatic N) is 2. The van der Waals surface area contributed by atoms with Gasteiger partial charge in [0.25, 0.3) is 0 Å². The van der Waals surface area contributed by atoms with Crippen LogP contribution in [0.4, 0.5) is 11.6 Å². The molecule has 0 atom stereocenters. The molecule has 1 heterocycles. The standard InChI is InChI=1S/C25H21ClN4O/c1-17-7-9-19(10-8-17)23-15-22(18-5-3-2-4-6-18)28-25(29-23)30-24(31)16-27-21-13-11-20(26)12-14-21/h2-15,27H,16H2,1H3,(H,28,29,30,31). The van der Waals surface area contributed by atoms with Crippen molar-refractivity contribution in [3.63, 3.8) is 0 Å². The summed E-state index contributed by atoms with van der Waals surface area (Å²) in [5, 5.41) is 6.51. The van der Waals surface area contributed by atoms with Gasteiger partial charge in [0, 0.05) is 21.8 Å². The van der Waals surface area contributed by atoms with E-state index in [9.17, 15) is 4.79 Å². The molecule has 4 aromatic rings. The van der Waals surface area contributed by atoms with Crippen LogP contribution in [0.1, 0.15) is 5.56 Å². The lowest BCUT2D eigenvalue weighted by atomic mass is 10.1. The van der Waals surface area contributed by atoms with Gasteiger partial charge in [0.1, 0.15) is 0 Å². The first-order valence-corrected chi connectivity index (χ1v) is 10.3. The van der Waals surface area contributed by atoms with E-state index in [1.54, 1.807) is 12.1 Å². The molecule has 0 bridgehead atoms. The first-order chi connectivity index (χ1) is 15.1. The number of carbonyl (C=O) groups is 1. The Balaban J connectivity index is 1.58. The van der Waals surface area contributed by atoms with Crippen LogP contribution in [0, 0.1) is 6.92 Å². The van der Waals surface area contributed by atoms with Crippen molar-refractivity contribution in [2.24, 2.45) is 0 Å². The summed E-state index contributed by atoms with van der Waals surface area (Å²) in [6, 6.07) is 27.0. The lowest BCUT2D eigenvalue weighted by molar-refractivity contribution is -0.114. The summed E-state index contributed by atoms with van der Waals surface area (Å²) < 4.78 is 0. The van der Waals surface area contributed by atoms with Crippen molar-refractivity contribution < 1.29 is 4.79 Å². The van der Waals surface area contributed by atoms with Gasteiger partial charge in [-0.25, -0.2) is 9.97 Å². The number of rotatable bonds is 6. The van der Waals surface area contributed by atoms with E-state index in [1.807, 2.05) is 79.7 Å². The molecule has 0 aliphatic heterocycles. The molecule has 2 N–H and O–H groups in total. The molecule has 31 heavy (non-hydrogen) atoms. The van der Waals surface area contributed by atoms with E-state index in [0.29, 0.717) is 5.02 Å². The number of aromatic nitrogens is 2. The predicted octanol–water partition coefficient (Wildman–Crippen LogP) is 5.82. The molecule has 0 fully saturated rings. The van der Waals surface area contributed by atoms with Gasteiger partial charge in [-0.1, -0.05) is 71.8 Å². The fourth-order valence-electron chi connectivity index (χ4n) is 3.05. The van der Waals surface area contributed by atoms with Gasteiger partial charge in [0.05, 0.1) is 17.9 Å². The highest BCUT2D eigenvalue weighted by Gasteiger charge is 2.11. The molecule has 6 heteroatoms. The van der Waals surface area contributed by atoms with Gasteiger partial charge in [0.2, 0.25) is 11.9 Å². The first-order valence-electron chi connectivity index (χ1n) is 9.88. The Morgan fingerprint density at radius 3 is 2.10 bits per heavy atom. The minimum atomic E-state index is -0.241. The van der Waals surface area contributed by atoms with Crippen LogP contribution in [0.25, 0.3) is 22.5 Å². The highest BCUT2D eigenvalue weighted by molar-refractivity contribution is 6.30. The molecule has 0 radical (unpaired) electrons. The van der Waals surface area contributed by atoms with E-state index in [4.69, 9.17) is 11.6 Å². The summed E-state index contributed by atoms with van der Waals surface area (Å²) in [6.07, 6.45) is 0. The van der Waals surface area contributed by atoms with Gasteiger partial charge in [-0.15, -0.1) is 0 Å². The van der Waals surface area contributed by atoms with E-state index < -0.39 is 0 Å². The number of amides is 1. The molecule has 0 saturated carbocycles. The lowest BCUT2D eigenvalue weighted by Gasteiger charge is -2.11. The first kappa shape index (κ1) is 20.6. The van der Waals surface area contributed by atoms with Crippen LogP contribution in [0.5, 0.6) is 0 Å². The monoisotopic (exact) mass is 428 g/mol. The number of nitrogens with one attached hydrogen (secondary N) is 2. The molecule has 0 unspecified atom stereocenters. The molecule has 0 aliphatic rings. The number of anilines is 2. The van der Waals surface area contributed by atoms with Gasteiger partial charge in [-0.2, -0.15) is 0 Å².